The Balaban J connectivity index is 1.64. The molecular formula is C16H17N3O2. The van der Waals surface area contributed by atoms with Gasteiger partial charge in [0.2, 0.25) is 0 Å². The van der Waals surface area contributed by atoms with Crippen LogP contribution in [-0.2, 0) is 6.42 Å². The van der Waals surface area contributed by atoms with Crippen molar-refractivity contribution in [3.8, 4) is 5.75 Å². The second-order valence-electron chi connectivity index (χ2n) is 5.10. The molecule has 5 N–H and O–H groups in total. The fourth-order valence-electron chi connectivity index (χ4n) is 2.48. The zero-order valence-corrected chi connectivity index (χ0v) is 11.5. The third kappa shape index (κ3) is 2.76. The fraction of sp³-hybridized carbons (Fsp3) is 0.188. The predicted octanol–water partition coefficient (Wildman–Crippen LogP) is 1.78. The van der Waals surface area contributed by atoms with Crippen LogP contribution in [0.4, 0.5) is 11.4 Å². The summed E-state index contributed by atoms with van der Waals surface area (Å²) in [6, 6.07) is 13.2. The summed E-state index contributed by atoms with van der Waals surface area (Å²) in [7, 11) is 0. The van der Waals surface area contributed by atoms with Crippen LogP contribution in [0.25, 0.3) is 0 Å². The van der Waals surface area contributed by atoms with Gasteiger partial charge < -0.3 is 21.5 Å². The Hall–Kier alpha value is -2.69. The van der Waals surface area contributed by atoms with E-state index in [2.05, 4.69) is 11.4 Å². The highest BCUT2D eigenvalue weighted by molar-refractivity contribution is 5.98. The molecule has 0 aliphatic carbocycles. The summed E-state index contributed by atoms with van der Waals surface area (Å²) in [4.78, 5) is 11.3. The first-order chi connectivity index (χ1) is 10.1. The molecule has 0 saturated heterocycles. The molecule has 5 heteroatoms. The summed E-state index contributed by atoms with van der Waals surface area (Å²) >= 11 is 0. The SMILES string of the molecule is NC(=O)c1cc(NCC2Cc3ccccc3O2)ccc1N. The van der Waals surface area contributed by atoms with Gasteiger partial charge in [0, 0.05) is 17.8 Å². The Bertz CT molecular complexity index is 660. The molecule has 0 saturated carbocycles. The van der Waals surface area contributed by atoms with Gasteiger partial charge in [-0.2, -0.15) is 0 Å². The lowest BCUT2D eigenvalue weighted by Gasteiger charge is -2.14. The Morgan fingerprint density at radius 3 is 2.86 bits per heavy atom. The number of amides is 1. The Labute approximate surface area is 122 Å². The van der Waals surface area contributed by atoms with E-state index in [0.717, 1.165) is 17.9 Å². The molecule has 0 radical (unpaired) electrons. The molecule has 21 heavy (non-hydrogen) atoms. The van der Waals surface area contributed by atoms with Gasteiger partial charge in [0.05, 0.1) is 12.1 Å². The number of carbonyl (C=O) groups excluding carboxylic acids is 1. The second kappa shape index (κ2) is 5.36. The number of rotatable bonds is 4. The minimum absolute atomic E-state index is 0.0805. The highest BCUT2D eigenvalue weighted by Crippen LogP contribution is 2.28. The normalized spacial score (nSPS) is 16.1. The van der Waals surface area contributed by atoms with E-state index in [9.17, 15) is 4.79 Å². The number of nitrogens with two attached hydrogens (primary N) is 2. The van der Waals surface area contributed by atoms with Gasteiger partial charge in [0.15, 0.2) is 0 Å². The maximum Gasteiger partial charge on any atom is 0.250 e. The van der Waals surface area contributed by atoms with Crippen LogP contribution >= 0.6 is 0 Å². The Morgan fingerprint density at radius 1 is 1.29 bits per heavy atom. The average Bonchev–Trinajstić information content (AvgIpc) is 2.89. The van der Waals surface area contributed by atoms with Crippen LogP contribution in [0.5, 0.6) is 5.75 Å². The van der Waals surface area contributed by atoms with Crippen LogP contribution < -0.4 is 21.5 Å². The minimum Gasteiger partial charge on any atom is -0.488 e. The first kappa shape index (κ1) is 13.3. The summed E-state index contributed by atoms with van der Waals surface area (Å²) < 4.78 is 5.85. The molecule has 1 aliphatic heterocycles. The topological polar surface area (TPSA) is 90.4 Å². The van der Waals surface area contributed by atoms with E-state index >= 15 is 0 Å². The Morgan fingerprint density at radius 2 is 2.10 bits per heavy atom. The summed E-state index contributed by atoms with van der Waals surface area (Å²) in [5.41, 5.74) is 13.7. The zero-order valence-electron chi connectivity index (χ0n) is 11.5. The highest BCUT2D eigenvalue weighted by atomic mass is 16.5. The fourth-order valence-corrected chi connectivity index (χ4v) is 2.48. The molecule has 5 nitrogen and oxygen atoms in total. The molecule has 0 bridgehead atoms. The summed E-state index contributed by atoms with van der Waals surface area (Å²) in [5, 5.41) is 3.26. The van der Waals surface area contributed by atoms with Crippen LogP contribution in [0.1, 0.15) is 15.9 Å². The van der Waals surface area contributed by atoms with E-state index in [1.165, 1.54) is 5.56 Å². The predicted molar refractivity (Wildman–Crippen MR) is 82.4 cm³/mol. The lowest BCUT2D eigenvalue weighted by Crippen LogP contribution is -2.24. The highest BCUT2D eigenvalue weighted by Gasteiger charge is 2.21. The van der Waals surface area contributed by atoms with Crippen molar-refractivity contribution in [1.29, 1.82) is 0 Å². The molecule has 1 atom stereocenters. The quantitative estimate of drug-likeness (QED) is 0.746. The number of nitrogens with one attached hydrogen (secondary N) is 1. The summed E-state index contributed by atoms with van der Waals surface area (Å²) in [6.07, 6.45) is 0.956. The number of primary amides is 1. The van der Waals surface area contributed by atoms with E-state index in [1.54, 1.807) is 12.1 Å². The number of para-hydroxylation sites is 1. The maximum atomic E-state index is 11.3. The van der Waals surface area contributed by atoms with Crippen molar-refractivity contribution in [1.82, 2.24) is 0 Å². The number of nitrogen functional groups attached to an aromatic ring is 1. The van der Waals surface area contributed by atoms with Gasteiger partial charge in [-0.25, -0.2) is 0 Å². The molecule has 0 fully saturated rings. The molecule has 0 spiro atoms. The third-order valence-electron chi connectivity index (χ3n) is 3.57. The number of ether oxygens (including phenoxy) is 1. The van der Waals surface area contributed by atoms with Gasteiger partial charge in [-0.05, 0) is 29.8 Å². The van der Waals surface area contributed by atoms with Gasteiger partial charge >= 0.3 is 0 Å². The van der Waals surface area contributed by atoms with E-state index in [0.29, 0.717) is 17.8 Å². The molecular weight excluding hydrogens is 266 g/mol. The molecule has 1 unspecified atom stereocenters. The number of benzene rings is 2. The largest absolute Gasteiger partial charge is 0.488 e. The van der Waals surface area contributed by atoms with Crippen LogP contribution in [-0.4, -0.2) is 18.6 Å². The number of hydrogen-bond donors (Lipinski definition) is 3. The molecule has 0 aromatic heterocycles. The van der Waals surface area contributed by atoms with Crippen LogP contribution in [0, 0.1) is 0 Å². The van der Waals surface area contributed by atoms with Crippen molar-refractivity contribution in [2.45, 2.75) is 12.5 Å². The van der Waals surface area contributed by atoms with Crippen LogP contribution in [0.3, 0.4) is 0 Å². The number of hydrogen-bond acceptors (Lipinski definition) is 4. The summed E-state index contributed by atoms with van der Waals surface area (Å²) in [6.45, 7) is 0.650. The molecule has 1 amide bonds. The molecule has 3 rings (SSSR count). The van der Waals surface area contributed by atoms with E-state index in [1.807, 2.05) is 24.3 Å². The maximum absolute atomic E-state index is 11.3. The minimum atomic E-state index is -0.527. The molecule has 108 valence electrons. The van der Waals surface area contributed by atoms with Crippen molar-refractivity contribution in [3.05, 3.63) is 53.6 Å². The smallest absolute Gasteiger partial charge is 0.250 e. The number of carbonyl (C=O) groups is 1. The monoisotopic (exact) mass is 283 g/mol. The van der Waals surface area contributed by atoms with E-state index < -0.39 is 5.91 Å². The van der Waals surface area contributed by atoms with Crippen molar-refractivity contribution in [3.63, 3.8) is 0 Å². The first-order valence-electron chi connectivity index (χ1n) is 6.81. The van der Waals surface area contributed by atoms with Gasteiger partial charge in [-0.15, -0.1) is 0 Å². The molecule has 1 aliphatic rings. The van der Waals surface area contributed by atoms with Crippen molar-refractivity contribution in [2.75, 3.05) is 17.6 Å². The second-order valence-corrected chi connectivity index (χ2v) is 5.10. The van der Waals surface area contributed by atoms with Crippen molar-refractivity contribution >= 4 is 17.3 Å². The molecule has 1 heterocycles. The van der Waals surface area contributed by atoms with Gasteiger partial charge in [-0.1, -0.05) is 18.2 Å². The zero-order chi connectivity index (χ0) is 14.8. The third-order valence-corrected chi connectivity index (χ3v) is 3.57. The average molecular weight is 283 g/mol. The summed E-state index contributed by atoms with van der Waals surface area (Å²) in [5.74, 6) is 0.417. The van der Waals surface area contributed by atoms with E-state index in [4.69, 9.17) is 16.2 Å². The lowest BCUT2D eigenvalue weighted by molar-refractivity contribution is 0.100. The number of anilines is 2. The van der Waals surface area contributed by atoms with E-state index in [-0.39, 0.29) is 6.10 Å². The standard InChI is InChI=1S/C16H17N3O2/c17-14-6-5-11(8-13(14)16(18)20)19-9-12-7-10-3-1-2-4-15(10)21-12/h1-6,8,12,19H,7,9,17H2,(H2,18,20). The van der Waals surface area contributed by atoms with Gasteiger partial charge in [0.25, 0.3) is 5.91 Å². The van der Waals surface area contributed by atoms with Crippen LogP contribution in [0.2, 0.25) is 0 Å². The Kier molecular flexibility index (Phi) is 3.39. The van der Waals surface area contributed by atoms with Crippen molar-refractivity contribution in [2.24, 2.45) is 5.73 Å². The lowest BCUT2D eigenvalue weighted by atomic mass is 10.1. The molecule has 2 aromatic carbocycles. The first-order valence-corrected chi connectivity index (χ1v) is 6.81. The van der Waals surface area contributed by atoms with Gasteiger partial charge in [0.1, 0.15) is 11.9 Å². The van der Waals surface area contributed by atoms with Gasteiger partial charge in [-0.3, -0.25) is 4.79 Å². The number of fused-ring (bicyclic) bond motifs is 1. The van der Waals surface area contributed by atoms with Crippen molar-refractivity contribution < 1.29 is 9.53 Å². The van der Waals surface area contributed by atoms with Crippen LogP contribution in [0.15, 0.2) is 42.5 Å². The molecule has 2 aromatic rings.